The fourth-order valence-corrected chi connectivity index (χ4v) is 2.73. The third-order valence-electron chi connectivity index (χ3n) is 3.90. The van der Waals surface area contributed by atoms with Crippen molar-refractivity contribution in [2.24, 2.45) is 0 Å². The lowest BCUT2D eigenvalue weighted by molar-refractivity contribution is 0.0950. The fraction of sp³-hybridized carbons (Fsp3) is 0.182. The molecule has 2 aromatic carbocycles. The van der Waals surface area contributed by atoms with Crippen LogP contribution in [0.25, 0.3) is 0 Å². The van der Waals surface area contributed by atoms with Crippen LogP contribution in [0.2, 0.25) is 5.02 Å². The minimum Gasteiger partial charge on any atom is -0.489 e. The second-order valence-electron chi connectivity index (χ2n) is 6.56. The number of benzene rings is 2. The van der Waals surface area contributed by atoms with E-state index >= 15 is 0 Å². The van der Waals surface area contributed by atoms with Gasteiger partial charge < -0.3 is 15.4 Å². The zero-order chi connectivity index (χ0) is 19.9. The first kappa shape index (κ1) is 19.7. The summed E-state index contributed by atoms with van der Waals surface area (Å²) >= 11 is 5.88. The van der Waals surface area contributed by atoms with Gasteiger partial charge in [0.2, 0.25) is 0 Å². The van der Waals surface area contributed by atoms with Crippen molar-refractivity contribution in [1.29, 1.82) is 0 Å². The van der Waals surface area contributed by atoms with Gasteiger partial charge in [-0.2, -0.15) is 0 Å². The summed E-state index contributed by atoms with van der Waals surface area (Å²) in [6.07, 6.45) is 3.27. The van der Waals surface area contributed by atoms with E-state index in [2.05, 4.69) is 15.6 Å². The van der Waals surface area contributed by atoms with Crippen molar-refractivity contribution in [3.8, 4) is 5.75 Å². The average molecular weight is 396 g/mol. The molecule has 144 valence electrons. The molecular weight excluding hydrogens is 374 g/mol. The van der Waals surface area contributed by atoms with Crippen molar-refractivity contribution < 1.29 is 9.53 Å². The molecule has 28 heavy (non-hydrogen) atoms. The molecule has 1 amide bonds. The molecule has 3 rings (SSSR count). The minimum atomic E-state index is -0.196. The van der Waals surface area contributed by atoms with Crippen LogP contribution in [-0.4, -0.2) is 17.0 Å². The van der Waals surface area contributed by atoms with Gasteiger partial charge in [0.1, 0.15) is 5.75 Å². The summed E-state index contributed by atoms with van der Waals surface area (Å²) in [5.74, 6) is 0.549. The van der Waals surface area contributed by atoms with Crippen molar-refractivity contribution in [3.63, 3.8) is 0 Å². The van der Waals surface area contributed by atoms with Gasteiger partial charge in [0.05, 0.1) is 29.2 Å². The molecule has 0 aliphatic rings. The molecule has 0 fully saturated rings. The molecule has 0 atom stereocenters. The number of anilines is 2. The second kappa shape index (κ2) is 9.24. The number of hydrogen-bond acceptors (Lipinski definition) is 4. The molecule has 0 aliphatic heterocycles. The van der Waals surface area contributed by atoms with Gasteiger partial charge in [0.25, 0.3) is 5.91 Å². The number of nitrogens with one attached hydrogen (secondary N) is 2. The van der Waals surface area contributed by atoms with Crippen molar-refractivity contribution in [2.45, 2.75) is 26.5 Å². The molecule has 1 aromatic heterocycles. The Bertz CT molecular complexity index is 943. The van der Waals surface area contributed by atoms with Crippen molar-refractivity contribution in [2.75, 3.05) is 5.32 Å². The molecule has 3 aromatic rings. The number of para-hydroxylation sites is 2. The summed E-state index contributed by atoms with van der Waals surface area (Å²) in [5.41, 5.74) is 2.97. The maximum absolute atomic E-state index is 12.5. The predicted molar refractivity (Wildman–Crippen MR) is 112 cm³/mol. The second-order valence-corrected chi connectivity index (χ2v) is 7.00. The van der Waals surface area contributed by atoms with Crippen molar-refractivity contribution in [1.82, 2.24) is 10.3 Å². The molecule has 0 bridgehead atoms. The van der Waals surface area contributed by atoms with Gasteiger partial charge in [-0.25, -0.2) is 0 Å². The first-order valence-electron chi connectivity index (χ1n) is 9.01. The van der Waals surface area contributed by atoms with Crippen LogP contribution in [0.3, 0.4) is 0 Å². The van der Waals surface area contributed by atoms with E-state index in [0.29, 0.717) is 22.8 Å². The topological polar surface area (TPSA) is 63.2 Å². The highest BCUT2D eigenvalue weighted by molar-refractivity contribution is 6.30. The van der Waals surface area contributed by atoms with Crippen LogP contribution in [0.1, 0.15) is 29.8 Å². The van der Waals surface area contributed by atoms with Gasteiger partial charge >= 0.3 is 0 Å². The molecule has 0 saturated heterocycles. The van der Waals surface area contributed by atoms with E-state index in [1.807, 2.05) is 50.2 Å². The van der Waals surface area contributed by atoms with Crippen LogP contribution in [0.5, 0.6) is 5.75 Å². The Kier molecular flexibility index (Phi) is 6.50. The molecule has 0 saturated carbocycles. The van der Waals surface area contributed by atoms with E-state index in [1.165, 1.54) is 0 Å². The number of amides is 1. The van der Waals surface area contributed by atoms with E-state index in [9.17, 15) is 4.79 Å². The Morgan fingerprint density at radius 3 is 2.61 bits per heavy atom. The molecule has 2 N–H and O–H groups in total. The van der Waals surface area contributed by atoms with Crippen LogP contribution in [-0.2, 0) is 6.54 Å². The number of hydrogen-bond donors (Lipinski definition) is 2. The number of carbonyl (C=O) groups excluding carboxylic acids is 1. The zero-order valence-corrected chi connectivity index (χ0v) is 16.5. The minimum absolute atomic E-state index is 0.0612. The summed E-state index contributed by atoms with van der Waals surface area (Å²) < 4.78 is 5.82. The lowest BCUT2D eigenvalue weighted by atomic mass is 10.2. The first-order valence-corrected chi connectivity index (χ1v) is 9.39. The van der Waals surface area contributed by atoms with E-state index in [4.69, 9.17) is 16.3 Å². The summed E-state index contributed by atoms with van der Waals surface area (Å²) in [7, 11) is 0. The quantitative estimate of drug-likeness (QED) is 0.577. The van der Waals surface area contributed by atoms with Gasteiger partial charge in [-0.3, -0.25) is 9.78 Å². The summed E-state index contributed by atoms with van der Waals surface area (Å²) in [5, 5.41) is 6.83. The molecule has 0 aliphatic carbocycles. The number of rotatable bonds is 7. The number of aromatic nitrogens is 1. The molecule has 6 heteroatoms. The molecule has 0 spiro atoms. The number of nitrogens with zero attached hydrogens (tertiary/aromatic N) is 1. The maximum atomic E-state index is 12.5. The largest absolute Gasteiger partial charge is 0.489 e. The van der Waals surface area contributed by atoms with Crippen LogP contribution >= 0.6 is 11.6 Å². The van der Waals surface area contributed by atoms with E-state index < -0.39 is 0 Å². The van der Waals surface area contributed by atoms with Crippen LogP contribution in [0.4, 0.5) is 11.4 Å². The highest BCUT2D eigenvalue weighted by atomic mass is 35.5. The Hall–Kier alpha value is -3.05. The molecule has 5 nitrogen and oxygen atoms in total. The van der Waals surface area contributed by atoms with Gasteiger partial charge in [-0.1, -0.05) is 35.9 Å². The monoisotopic (exact) mass is 395 g/mol. The molecular formula is C22H22ClN3O2. The van der Waals surface area contributed by atoms with Crippen LogP contribution < -0.4 is 15.4 Å². The zero-order valence-electron chi connectivity index (χ0n) is 15.8. The Labute approximate surface area is 169 Å². The van der Waals surface area contributed by atoms with Gasteiger partial charge in [-0.05, 0) is 49.7 Å². The Morgan fingerprint density at radius 2 is 1.86 bits per heavy atom. The van der Waals surface area contributed by atoms with E-state index in [-0.39, 0.29) is 12.0 Å². The SMILES string of the molecule is CC(C)Oc1ccccc1Nc1cncc(C(=O)NCc2ccc(Cl)cc2)c1. The first-order chi connectivity index (χ1) is 13.5. The highest BCUT2D eigenvalue weighted by Crippen LogP contribution is 2.28. The summed E-state index contributed by atoms with van der Waals surface area (Å²) in [6, 6.07) is 16.8. The van der Waals surface area contributed by atoms with Crippen LogP contribution in [0, 0.1) is 0 Å². The number of ether oxygens (including phenoxy) is 1. The lowest BCUT2D eigenvalue weighted by Gasteiger charge is -2.15. The van der Waals surface area contributed by atoms with Gasteiger partial charge in [0, 0.05) is 17.8 Å². The fourth-order valence-electron chi connectivity index (χ4n) is 2.60. The number of pyridine rings is 1. The van der Waals surface area contributed by atoms with Crippen molar-refractivity contribution in [3.05, 3.63) is 83.1 Å². The number of carbonyl (C=O) groups is 1. The highest BCUT2D eigenvalue weighted by Gasteiger charge is 2.09. The Balaban J connectivity index is 1.68. The molecule has 0 unspecified atom stereocenters. The smallest absolute Gasteiger partial charge is 0.253 e. The van der Waals surface area contributed by atoms with E-state index in [0.717, 1.165) is 17.0 Å². The third-order valence-corrected chi connectivity index (χ3v) is 4.15. The van der Waals surface area contributed by atoms with Gasteiger partial charge in [-0.15, -0.1) is 0 Å². The summed E-state index contributed by atoms with van der Waals surface area (Å²) in [6.45, 7) is 4.37. The standard InChI is InChI=1S/C22H22ClN3O2/c1-15(2)28-21-6-4-3-5-20(21)26-19-11-17(13-24-14-19)22(27)25-12-16-7-9-18(23)10-8-16/h3-11,13-15,26H,12H2,1-2H3,(H,25,27). The molecule has 0 radical (unpaired) electrons. The lowest BCUT2D eigenvalue weighted by Crippen LogP contribution is -2.23. The van der Waals surface area contributed by atoms with Crippen LogP contribution in [0.15, 0.2) is 67.0 Å². The van der Waals surface area contributed by atoms with Crippen molar-refractivity contribution >= 4 is 28.9 Å². The number of halogens is 1. The van der Waals surface area contributed by atoms with Gasteiger partial charge in [0.15, 0.2) is 0 Å². The predicted octanol–water partition coefficient (Wildman–Crippen LogP) is 5.20. The third kappa shape index (κ3) is 5.47. The normalized spacial score (nSPS) is 10.6. The maximum Gasteiger partial charge on any atom is 0.253 e. The molecule has 1 heterocycles. The van der Waals surface area contributed by atoms with E-state index in [1.54, 1.807) is 30.6 Å². The Morgan fingerprint density at radius 1 is 1.11 bits per heavy atom. The summed E-state index contributed by atoms with van der Waals surface area (Å²) in [4.78, 5) is 16.6. The average Bonchev–Trinajstić information content (AvgIpc) is 2.69.